The lowest BCUT2D eigenvalue weighted by Crippen LogP contribution is -2.52. The van der Waals surface area contributed by atoms with Gasteiger partial charge in [0.25, 0.3) is 10.2 Å². The summed E-state index contributed by atoms with van der Waals surface area (Å²) < 4.78 is 71.3. The second kappa shape index (κ2) is 7.38. The number of ether oxygens (including phenoxy) is 1. The minimum atomic E-state index is -4.37. The number of benzene rings is 1. The van der Waals surface area contributed by atoms with E-state index in [0.717, 1.165) is 12.1 Å². The van der Waals surface area contributed by atoms with Gasteiger partial charge in [-0.1, -0.05) is 12.1 Å². The first-order valence-corrected chi connectivity index (χ1v) is 9.08. The summed E-state index contributed by atoms with van der Waals surface area (Å²) in [4.78, 5) is 0. The van der Waals surface area contributed by atoms with Crippen LogP contribution in [0.4, 0.5) is 13.2 Å². The number of hydrogen-bond acceptors (Lipinski definition) is 3. The lowest BCUT2D eigenvalue weighted by Gasteiger charge is -2.34. The molecule has 0 saturated carbocycles. The number of rotatable bonds is 5. The molecule has 0 aromatic heterocycles. The Labute approximate surface area is 140 Å². The summed E-state index contributed by atoms with van der Waals surface area (Å²) in [7, 11) is -3.63. The van der Waals surface area contributed by atoms with Crippen LogP contribution in [0.25, 0.3) is 0 Å². The van der Waals surface area contributed by atoms with Crippen molar-refractivity contribution in [3.63, 3.8) is 0 Å². The third-order valence-corrected chi connectivity index (χ3v) is 5.25. The van der Waals surface area contributed by atoms with Crippen LogP contribution in [0.5, 0.6) is 0 Å². The maximum Gasteiger partial charge on any atom is 0.416 e. The standard InChI is InChI=1S/C15H21F3N2O3S/c1-11-9-20(10-12(2)23-11)24(21,22)19-8-7-13-3-5-14(6-4-13)15(16,17)18/h3-6,11-12,19H,7-10H2,1-2H3. The zero-order valence-corrected chi connectivity index (χ0v) is 14.3. The van der Waals surface area contributed by atoms with Gasteiger partial charge in [0, 0.05) is 19.6 Å². The lowest BCUT2D eigenvalue weighted by atomic mass is 10.1. The summed E-state index contributed by atoms with van der Waals surface area (Å²) in [6.07, 6.45) is -4.42. The molecule has 2 rings (SSSR count). The van der Waals surface area contributed by atoms with E-state index < -0.39 is 21.9 Å². The van der Waals surface area contributed by atoms with E-state index in [1.165, 1.54) is 16.4 Å². The Balaban J connectivity index is 1.89. The molecule has 2 atom stereocenters. The number of halogens is 3. The largest absolute Gasteiger partial charge is 0.416 e. The van der Waals surface area contributed by atoms with Crippen molar-refractivity contribution in [1.82, 2.24) is 9.03 Å². The molecule has 0 bridgehead atoms. The van der Waals surface area contributed by atoms with Crippen molar-refractivity contribution in [2.24, 2.45) is 0 Å². The van der Waals surface area contributed by atoms with Crippen LogP contribution in [-0.2, 0) is 27.5 Å². The summed E-state index contributed by atoms with van der Waals surface area (Å²) in [5, 5.41) is 0. The predicted molar refractivity (Wildman–Crippen MR) is 83.7 cm³/mol. The Bertz CT molecular complexity index is 637. The Kier molecular flexibility index (Phi) is 5.90. The van der Waals surface area contributed by atoms with Gasteiger partial charge in [-0.2, -0.15) is 25.9 Å². The van der Waals surface area contributed by atoms with Gasteiger partial charge in [-0.15, -0.1) is 0 Å². The molecule has 0 amide bonds. The van der Waals surface area contributed by atoms with E-state index in [2.05, 4.69) is 4.72 Å². The van der Waals surface area contributed by atoms with Crippen LogP contribution in [0.15, 0.2) is 24.3 Å². The normalized spacial score (nSPS) is 23.4. The molecule has 9 heteroatoms. The molecular formula is C15H21F3N2O3S. The third kappa shape index (κ3) is 5.17. The van der Waals surface area contributed by atoms with Gasteiger partial charge >= 0.3 is 6.18 Å². The molecule has 0 aliphatic carbocycles. The van der Waals surface area contributed by atoms with Gasteiger partial charge in [-0.3, -0.25) is 0 Å². The van der Waals surface area contributed by atoms with E-state index in [-0.39, 0.29) is 31.8 Å². The molecule has 5 nitrogen and oxygen atoms in total. The Morgan fingerprint density at radius 2 is 1.71 bits per heavy atom. The fourth-order valence-electron chi connectivity index (χ4n) is 2.60. The lowest BCUT2D eigenvalue weighted by molar-refractivity contribution is -0.137. The molecule has 1 saturated heterocycles. The highest BCUT2D eigenvalue weighted by atomic mass is 32.2. The average molecular weight is 366 g/mol. The summed E-state index contributed by atoms with van der Waals surface area (Å²) >= 11 is 0. The van der Waals surface area contributed by atoms with Crippen LogP contribution >= 0.6 is 0 Å². The molecule has 1 fully saturated rings. The number of nitrogens with one attached hydrogen (secondary N) is 1. The molecule has 1 N–H and O–H groups in total. The first-order chi connectivity index (χ1) is 11.1. The topological polar surface area (TPSA) is 58.6 Å². The minimum absolute atomic E-state index is 0.119. The van der Waals surface area contributed by atoms with Crippen LogP contribution in [0, 0.1) is 0 Å². The zero-order chi connectivity index (χ0) is 18.0. The number of hydrogen-bond donors (Lipinski definition) is 1. The van der Waals surface area contributed by atoms with Crippen molar-refractivity contribution in [3.05, 3.63) is 35.4 Å². The molecule has 1 heterocycles. The van der Waals surface area contributed by atoms with Crippen molar-refractivity contribution >= 4 is 10.2 Å². The van der Waals surface area contributed by atoms with Crippen LogP contribution in [0.3, 0.4) is 0 Å². The summed E-state index contributed by atoms with van der Waals surface area (Å²) in [5.41, 5.74) is -0.0856. The highest BCUT2D eigenvalue weighted by molar-refractivity contribution is 7.87. The maximum absolute atomic E-state index is 12.5. The van der Waals surface area contributed by atoms with Crippen molar-refractivity contribution in [2.45, 2.75) is 38.7 Å². The molecule has 1 aliphatic heterocycles. The highest BCUT2D eigenvalue weighted by Gasteiger charge is 2.31. The second-order valence-electron chi connectivity index (χ2n) is 5.92. The summed E-state index contributed by atoms with van der Waals surface area (Å²) in [5.74, 6) is 0. The van der Waals surface area contributed by atoms with E-state index in [1.54, 1.807) is 13.8 Å². The van der Waals surface area contributed by atoms with Crippen LogP contribution in [0.2, 0.25) is 0 Å². The van der Waals surface area contributed by atoms with Gasteiger partial charge in [0.15, 0.2) is 0 Å². The summed E-state index contributed by atoms with van der Waals surface area (Å²) in [6.45, 7) is 4.29. The van der Waals surface area contributed by atoms with Crippen LogP contribution in [0.1, 0.15) is 25.0 Å². The molecule has 1 aliphatic rings. The monoisotopic (exact) mass is 366 g/mol. The Hall–Kier alpha value is -1.16. The van der Waals surface area contributed by atoms with Crippen molar-refractivity contribution in [2.75, 3.05) is 19.6 Å². The molecule has 2 unspecified atom stereocenters. The van der Waals surface area contributed by atoms with Crippen molar-refractivity contribution < 1.29 is 26.3 Å². The quantitative estimate of drug-likeness (QED) is 0.869. The van der Waals surface area contributed by atoms with E-state index >= 15 is 0 Å². The molecule has 136 valence electrons. The third-order valence-electron chi connectivity index (χ3n) is 3.71. The number of nitrogens with zero attached hydrogens (tertiary/aromatic N) is 1. The fourth-order valence-corrected chi connectivity index (χ4v) is 3.96. The van der Waals surface area contributed by atoms with Crippen LogP contribution < -0.4 is 4.72 Å². The van der Waals surface area contributed by atoms with E-state index in [9.17, 15) is 21.6 Å². The van der Waals surface area contributed by atoms with E-state index in [1.807, 2.05) is 0 Å². The minimum Gasteiger partial charge on any atom is -0.373 e. The van der Waals surface area contributed by atoms with Gasteiger partial charge in [-0.05, 0) is 38.0 Å². The van der Waals surface area contributed by atoms with Gasteiger partial charge in [-0.25, -0.2) is 4.72 Å². The average Bonchev–Trinajstić information content (AvgIpc) is 2.45. The first-order valence-electron chi connectivity index (χ1n) is 7.64. The van der Waals surface area contributed by atoms with Crippen LogP contribution in [-0.4, -0.2) is 44.6 Å². The zero-order valence-electron chi connectivity index (χ0n) is 13.5. The number of morpholine rings is 1. The number of alkyl halides is 3. The molecule has 0 spiro atoms. The van der Waals surface area contributed by atoms with Gasteiger partial charge < -0.3 is 4.74 Å². The maximum atomic E-state index is 12.5. The SMILES string of the molecule is CC1CN(S(=O)(=O)NCCc2ccc(C(F)(F)F)cc2)CC(C)O1. The Morgan fingerprint density at radius 3 is 2.21 bits per heavy atom. The van der Waals surface area contributed by atoms with Crippen molar-refractivity contribution in [3.8, 4) is 0 Å². The molecule has 1 aromatic carbocycles. The first kappa shape index (κ1) is 19.2. The van der Waals surface area contributed by atoms with Crippen molar-refractivity contribution in [1.29, 1.82) is 0 Å². The highest BCUT2D eigenvalue weighted by Crippen LogP contribution is 2.29. The smallest absolute Gasteiger partial charge is 0.373 e. The second-order valence-corrected chi connectivity index (χ2v) is 7.67. The van der Waals surface area contributed by atoms with Gasteiger partial charge in [0.05, 0.1) is 17.8 Å². The summed E-state index contributed by atoms with van der Waals surface area (Å²) in [6, 6.07) is 4.70. The molecule has 0 radical (unpaired) electrons. The van der Waals surface area contributed by atoms with E-state index in [0.29, 0.717) is 12.0 Å². The fraction of sp³-hybridized carbons (Fsp3) is 0.600. The molecular weight excluding hydrogens is 345 g/mol. The van der Waals surface area contributed by atoms with Gasteiger partial charge in [0.1, 0.15) is 0 Å². The van der Waals surface area contributed by atoms with E-state index in [4.69, 9.17) is 4.74 Å². The Morgan fingerprint density at radius 1 is 1.17 bits per heavy atom. The molecule has 1 aromatic rings. The van der Waals surface area contributed by atoms with Gasteiger partial charge in [0.2, 0.25) is 0 Å². The predicted octanol–water partition coefficient (Wildman–Crippen LogP) is 2.19. The molecule has 24 heavy (non-hydrogen) atoms.